The van der Waals surface area contributed by atoms with Crippen LogP contribution in [-0.2, 0) is 15.1 Å². The smallest absolute Gasteiger partial charge is 0.359 e. The summed E-state index contributed by atoms with van der Waals surface area (Å²) in [4.78, 5) is 16.4. The first kappa shape index (κ1) is 17.7. The number of aryl methyl sites for hydroxylation is 1. The zero-order valence-electron chi connectivity index (χ0n) is 13.1. The van der Waals surface area contributed by atoms with Crippen molar-refractivity contribution in [3.8, 4) is 0 Å². The maximum absolute atomic E-state index is 12.2. The predicted molar refractivity (Wildman–Crippen MR) is 73.4 cm³/mol. The molecule has 6 nitrogen and oxygen atoms in total. The molecular formula is C14H20F3N3O3. The van der Waals surface area contributed by atoms with Crippen molar-refractivity contribution in [3.05, 3.63) is 11.7 Å². The van der Waals surface area contributed by atoms with Crippen LogP contribution in [0.15, 0.2) is 4.52 Å². The molecule has 0 saturated heterocycles. The van der Waals surface area contributed by atoms with E-state index in [0.29, 0.717) is 24.6 Å². The average Bonchev–Trinajstić information content (AvgIpc) is 2.92. The molecule has 1 aromatic heterocycles. The van der Waals surface area contributed by atoms with Crippen molar-refractivity contribution in [3.63, 3.8) is 0 Å². The average molecular weight is 335 g/mol. The number of ether oxygens (including phenoxy) is 1. The molecule has 9 heteroatoms. The van der Waals surface area contributed by atoms with Crippen molar-refractivity contribution in [2.45, 2.75) is 63.8 Å². The molecular weight excluding hydrogens is 315 g/mol. The third kappa shape index (κ3) is 4.66. The maximum atomic E-state index is 12.2. The molecule has 1 aliphatic rings. The minimum atomic E-state index is -4.47. The molecule has 1 aromatic rings. The fourth-order valence-corrected chi connectivity index (χ4v) is 2.69. The fraction of sp³-hybridized carbons (Fsp3) is 0.786. The zero-order chi connectivity index (χ0) is 17.1. The van der Waals surface area contributed by atoms with Crippen LogP contribution in [0.1, 0.15) is 50.7 Å². The Kier molecular flexibility index (Phi) is 5.28. The minimum Gasteiger partial charge on any atom is -0.359 e. The second-order valence-corrected chi connectivity index (χ2v) is 5.84. The first-order valence-electron chi connectivity index (χ1n) is 7.53. The Bertz CT molecular complexity index is 539. The zero-order valence-corrected chi connectivity index (χ0v) is 13.1. The van der Waals surface area contributed by atoms with Gasteiger partial charge >= 0.3 is 6.18 Å². The highest BCUT2D eigenvalue weighted by atomic mass is 19.4. The summed E-state index contributed by atoms with van der Waals surface area (Å²) in [5.74, 6) is 0.130. The summed E-state index contributed by atoms with van der Waals surface area (Å²) in [5, 5.41) is 6.67. The molecule has 0 aromatic carbocycles. The maximum Gasteiger partial charge on any atom is 0.411 e. The molecule has 1 unspecified atom stereocenters. The molecule has 1 aliphatic carbocycles. The Hall–Kier alpha value is -1.64. The molecule has 0 aliphatic heterocycles. The van der Waals surface area contributed by atoms with Gasteiger partial charge in [0.05, 0.1) is 0 Å². The number of rotatable bonds is 5. The summed E-state index contributed by atoms with van der Waals surface area (Å²) >= 11 is 0. The summed E-state index contributed by atoms with van der Waals surface area (Å²) in [6.45, 7) is 1.47. The van der Waals surface area contributed by atoms with E-state index in [1.54, 1.807) is 6.92 Å². The molecule has 1 amide bonds. The molecule has 2 rings (SSSR count). The predicted octanol–water partition coefficient (Wildman–Crippen LogP) is 2.62. The summed E-state index contributed by atoms with van der Waals surface area (Å²) in [6, 6.07) is 0. The Labute approximate surface area is 131 Å². The van der Waals surface area contributed by atoms with Crippen LogP contribution in [0.4, 0.5) is 13.2 Å². The van der Waals surface area contributed by atoms with Gasteiger partial charge in [0.25, 0.3) is 0 Å². The Balaban J connectivity index is 2.07. The van der Waals surface area contributed by atoms with Crippen molar-refractivity contribution in [1.29, 1.82) is 0 Å². The van der Waals surface area contributed by atoms with Gasteiger partial charge in [0.15, 0.2) is 5.82 Å². The lowest BCUT2D eigenvalue weighted by Gasteiger charge is -2.36. The molecule has 0 radical (unpaired) electrons. The second-order valence-electron chi connectivity index (χ2n) is 5.84. The van der Waals surface area contributed by atoms with Gasteiger partial charge in [0.2, 0.25) is 11.8 Å². The fourth-order valence-electron chi connectivity index (χ4n) is 2.69. The second kappa shape index (κ2) is 6.86. The van der Waals surface area contributed by atoms with Gasteiger partial charge in [-0.1, -0.05) is 24.4 Å². The molecule has 1 fully saturated rings. The number of alkyl halides is 3. The normalized spacial score (nSPS) is 19.3. The van der Waals surface area contributed by atoms with E-state index in [1.165, 1.54) is 6.92 Å². The Morgan fingerprint density at radius 3 is 2.57 bits per heavy atom. The van der Waals surface area contributed by atoms with E-state index in [4.69, 9.17) is 4.52 Å². The lowest BCUT2D eigenvalue weighted by molar-refractivity contribution is -0.186. The van der Waals surface area contributed by atoms with Crippen LogP contribution in [0.5, 0.6) is 0 Å². The molecule has 1 saturated carbocycles. The topological polar surface area (TPSA) is 77.2 Å². The summed E-state index contributed by atoms with van der Waals surface area (Å²) < 4.78 is 46.2. The van der Waals surface area contributed by atoms with Gasteiger partial charge in [0.1, 0.15) is 18.2 Å². The molecule has 130 valence electrons. The van der Waals surface area contributed by atoms with Crippen molar-refractivity contribution in [1.82, 2.24) is 15.5 Å². The number of amides is 1. The third-order valence-electron chi connectivity index (χ3n) is 3.89. The highest BCUT2D eigenvalue weighted by Gasteiger charge is 2.41. The molecule has 0 spiro atoms. The van der Waals surface area contributed by atoms with Gasteiger partial charge in [-0.05, 0) is 19.8 Å². The van der Waals surface area contributed by atoms with E-state index < -0.39 is 30.3 Å². The van der Waals surface area contributed by atoms with Crippen LogP contribution < -0.4 is 5.32 Å². The highest BCUT2D eigenvalue weighted by molar-refractivity contribution is 5.81. The number of halogens is 3. The molecule has 1 heterocycles. The number of hydrogen-bond acceptors (Lipinski definition) is 5. The van der Waals surface area contributed by atoms with E-state index in [2.05, 4.69) is 20.2 Å². The first-order chi connectivity index (χ1) is 10.7. The van der Waals surface area contributed by atoms with Crippen LogP contribution >= 0.6 is 0 Å². The quantitative estimate of drug-likeness (QED) is 0.895. The van der Waals surface area contributed by atoms with Crippen LogP contribution in [0.3, 0.4) is 0 Å². The third-order valence-corrected chi connectivity index (χ3v) is 3.89. The summed E-state index contributed by atoms with van der Waals surface area (Å²) in [6.07, 6.45) is -1.70. The van der Waals surface area contributed by atoms with Crippen LogP contribution in [0, 0.1) is 6.92 Å². The lowest BCUT2D eigenvalue weighted by Crippen LogP contribution is -2.51. The number of nitrogens with one attached hydrogen (secondary N) is 1. The molecule has 1 atom stereocenters. The van der Waals surface area contributed by atoms with Crippen molar-refractivity contribution in [2.24, 2.45) is 0 Å². The number of hydrogen-bond donors (Lipinski definition) is 1. The van der Waals surface area contributed by atoms with E-state index >= 15 is 0 Å². The molecule has 23 heavy (non-hydrogen) atoms. The number of carbonyl (C=O) groups excluding carboxylic acids is 1. The van der Waals surface area contributed by atoms with Crippen LogP contribution in [-0.4, -0.2) is 34.9 Å². The van der Waals surface area contributed by atoms with Crippen LogP contribution in [0.2, 0.25) is 0 Å². The number of carbonyl (C=O) groups is 1. The number of aromatic nitrogens is 2. The summed E-state index contributed by atoms with van der Waals surface area (Å²) in [7, 11) is 0. The lowest BCUT2D eigenvalue weighted by atomic mass is 9.81. The Morgan fingerprint density at radius 2 is 2.04 bits per heavy atom. The van der Waals surface area contributed by atoms with Crippen molar-refractivity contribution < 1.29 is 27.2 Å². The van der Waals surface area contributed by atoms with Crippen LogP contribution in [0.25, 0.3) is 0 Å². The molecule has 0 bridgehead atoms. The van der Waals surface area contributed by atoms with Gasteiger partial charge in [-0.3, -0.25) is 4.79 Å². The Morgan fingerprint density at radius 1 is 1.39 bits per heavy atom. The van der Waals surface area contributed by atoms with Gasteiger partial charge in [-0.15, -0.1) is 0 Å². The standard InChI is InChI=1S/C14H20F3N3O3/c1-9(22-8-14(15,16)17)11(21)19-13(6-4-3-5-7-13)12-18-10(2)23-20-12/h9H,3-8H2,1-2H3,(H,19,21). The van der Waals surface area contributed by atoms with E-state index in [0.717, 1.165) is 19.3 Å². The van der Waals surface area contributed by atoms with E-state index in [9.17, 15) is 18.0 Å². The minimum absolute atomic E-state index is 0.367. The van der Waals surface area contributed by atoms with Gasteiger partial charge in [-0.2, -0.15) is 18.2 Å². The summed E-state index contributed by atoms with van der Waals surface area (Å²) in [5.41, 5.74) is -0.803. The van der Waals surface area contributed by atoms with E-state index in [1.807, 2.05) is 0 Å². The van der Waals surface area contributed by atoms with Gasteiger partial charge < -0.3 is 14.6 Å². The van der Waals surface area contributed by atoms with Crippen molar-refractivity contribution in [2.75, 3.05) is 6.61 Å². The number of nitrogens with zero attached hydrogens (tertiary/aromatic N) is 2. The largest absolute Gasteiger partial charge is 0.411 e. The SMILES string of the molecule is Cc1nc(C2(NC(=O)C(C)OCC(F)(F)F)CCCCC2)no1. The van der Waals surface area contributed by atoms with Gasteiger partial charge in [-0.25, -0.2) is 0 Å². The first-order valence-corrected chi connectivity index (χ1v) is 7.53. The van der Waals surface area contributed by atoms with Gasteiger partial charge in [0, 0.05) is 6.92 Å². The highest BCUT2D eigenvalue weighted by Crippen LogP contribution is 2.35. The monoisotopic (exact) mass is 335 g/mol. The van der Waals surface area contributed by atoms with Crippen molar-refractivity contribution >= 4 is 5.91 Å². The van der Waals surface area contributed by atoms with E-state index in [-0.39, 0.29) is 0 Å². The molecule has 1 N–H and O–H groups in total.